The van der Waals surface area contributed by atoms with E-state index < -0.39 is 27.0 Å². The summed E-state index contributed by atoms with van der Waals surface area (Å²) in [4.78, 5) is 42.4. The van der Waals surface area contributed by atoms with E-state index in [1.807, 2.05) is 26.0 Å². The van der Waals surface area contributed by atoms with Crippen molar-refractivity contribution in [3.8, 4) is 0 Å². The molecule has 0 saturated carbocycles. The molecular formula is C26H27N3O5S2. The molecule has 1 aliphatic rings. The van der Waals surface area contributed by atoms with Crippen molar-refractivity contribution < 1.29 is 22.8 Å². The molecule has 36 heavy (non-hydrogen) atoms. The maximum Gasteiger partial charge on any atom is 0.262 e. The molecule has 0 bridgehead atoms. The Balaban J connectivity index is 1.53. The first kappa shape index (κ1) is 25.6. The van der Waals surface area contributed by atoms with Crippen molar-refractivity contribution in [3.63, 3.8) is 0 Å². The average Bonchev–Trinajstić information content (AvgIpc) is 3.42. The van der Waals surface area contributed by atoms with Crippen LogP contribution in [0.5, 0.6) is 0 Å². The van der Waals surface area contributed by atoms with Gasteiger partial charge in [0.2, 0.25) is 15.2 Å². The molecule has 3 amide bonds. The van der Waals surface area contributed by atoms with E-state index in [9.17, 15) is 22.8 Å². The second-order valence-corrected chi connectivity index (χ2v) is 11.7. The lowest BCUT2D eigenvalue weighted by Crippen LogP contribution is -2.57. The number of hydrogen-bond donors (Lipinski definition) is 1. The normalized spacial score (nSPS) is 14.8. The van der Waals surface area contributed by atoms with Gasteiger partial charge in [0, 0.05) is 31.7 Å². The number of nitrogens with zero attached hydrogens (tertiary/aromatic N) is 2. The number of aryl methyl sites for hydroxylation is 2. The molecule has 2 aromatic carbocycles. The molecule has 1 N–H and O–H groups in total. The fourth-order valence-corrected chi connectivity index (χ4v) is 6.00. The molecule has 1 aromatic heterocycles. The van der Waals surface area contributed by atoms with Crippen molar-refractivity contribution in [3.05, 3.63) is 87.6 Å². The highest BCUT2D eigenvalue weighted by Crippen LogP contribution is 2.20. The van der Waals surface area contributed by atoms with Gasteiger partial charge in [-0.2, -0.15) is 0 Å². The number of rotatable bonds is 6. The van der Waals surface area contributed by atoms with Gasteiger partial charge in [-0.1, -0.05) is 41.5 Å². The van der Waals surface area contributed by atoms with Crippen LogP contribution in [0.4, 0.5) is 0 Å². The molecule has 1 fully saturated rings. The van der Waals surface area contributed by atoms with E-state index >= 15 is 0 Å². The van der Waals surface area contributed by atoms with Crippen LogP contribution in [0.25, 0.3) is 0 Å². The first-order valence-corrected chi connectivity index (χ1v) is 13.9. The summed E-state index contributed by atoms with van der Waals surface area (Å²) in [5.41, 5.74) is 2.48. The summed E-state index contributed by atoms with van der Waals surface area (Å²) in [5, 5.41) is 2.36. The highest BCUT2D eigenvalue weighted by atomic mass is 32.2. The Morgan fingerprint density at radius 3 is 1.94 bits per heavy atom. The lowest BCUT2D eigenvalue weighted by atomic mass is 10.1. The number of hydrogen-bond acceptors (Lipinski definition) is 6. The highest BCUT2D eigenvalue weighted by molar-refractivity contribution is 7.92. The summed E-state index contributed by atoms with van der Waals surface area (Å²) in [6.07, 6.45) is 0. The van der Waals surface area contributed by atoms with Crippen LogP contribution in [0, 0.1) is 13.8 Å². The Labute approximate surface area is 214 Å². The monoisotopic (exact) mass is 525 g/mol. The molecule has 1 saturated heterocycles. The predicted molar refractivity (Wildman–Crippen MR) is 138 cm³/mol. The smallest absolute Gasteiger partial charge is 0.262 e. The van der Waals surface area contributed by atoms with Gasteiger partial charge in [0.05, 0.1) is 9.77 Å². The zero-order valence-corrected chi connectivity index (χ0v) is 21.6. The quantitative estimate of drug-likeness (QED) is 0.533. The second kappa shape index (κ2) is 10.6. The Morgan fingerprint density at radius 1 is 0.833 bits per heavy atom. The van der Waals surface area contributed by atoms with Gasteiger partial charge >= 0.3 is 0 Å². The van der Waals surface area contributed by atoms with Crippen LogP contribution in [-0.4, -0.2) is 67.5 Å². The zero-order chi connectivity index (χ0) is 25.9. The largest absolute Gasteiger partial charge is 0.336 e. The van der Waals surface area contributed by atoms with Gasteiger partial charge in [-0.05, 0) is 49.6 Å². The van der Waals surface area contributed by atoms with Crippen molar-refractivity contribution in [2.75, 3.05) is 26.2 Å². The molecule has 1 aliphatic heterocycles. The molecule has 3 aromatic rings. The van der Waals surface area contributed by atoms with Gasteiger partial charge in [-0.15, -0.1) is 11.3 Å². The Hall–Kier alpha value is -3.50. The summed E-state index contributed by atoms with van der Waals surface area (Å²) < 4.78 is 27.0. The molecule has 0 aliphatic carbocycles. The van der Waals surface area contributed by atoms with E-state index in [2.05, 4.69) is 5.32 Å². The van der Waals surface area contributed by atoms with Crippen molar-refractivity contribution >= 4 is 38.9 Å². The third-order valence-corrected chi connectivity index (χ3v) is 8.81. The number of piperazine rings is 1. The van der Waals surface area contributed by atoms with E-state index in [1.165, 1.54) is 17.0 Å². The molecule has 0 radical (unpaired) electrons. The number of sulfone groups is 1. The number of amides is 3. The van der Waals surface area contributed by atoms with Gasteiger partial charge < -0.3 is 15.1 Å². The number of benzene rings is 2. The van der Waals surface area contributed by atoms with Crippen LogP contribution in [0.2, 0.25) is 0 Å². The summed E-state index contributed by atoms with van der Waals surface area (Å²) in [6.45, 7) is 4.60. The van der Waals surface area contributed by atoms with Crippen LogP contribution >= 0.6 is 11.3 Å². The molecule has 188 valence electrons. The van der Waals surface area contributed by atoms with Crippen LogP contribution in [-0.2, 0) is 14.6 Å². The Kier molecular flexibility index (Phi) is 7.56. The molecule has 4 rings (SSSR count). The lowest BCUT2D eigenvalue weighted by molar-refractivity contribution is -0.132. The number of carbonyl (C=O) groups is 3. The first-order chi connectivity index (χ1) is 17.2. The number of carbonyl (C=O) groups excluding carboxylic acids is 3. The first-order valence-electron chi connectivity index (χ1n) is 11.5. The van der Waals surface area contributed by atoms with Crippen LogP contribution in [0.3, 0.4) is 0 Å². The number of nitrogens with one attached hydrogen (secondary N) is 1. The summed E-state index contributed by atoms with van der Waals surface area (Å²) in [7, 11) is -4.23. The van der Waals surface area contributed by atoms with Crippen molar-refractivity contribution in [1.82, 2.24) is 15.1 Å². The SMILES string of the molecule is Cc1ccc(C(=O)N2CCN(C(=O)[C@@H](NC(=O)c3cccs3)S(=O)(=O)c3ccc(C)cc3)CC2)cc1. The minimum atomic E-state index is -4.23. The van der Waals surface area contributed by atoms with E-state index in [1.54, 1.807) is 46.7 Å². The average molecular weight is 526 g/mol. The highest BCUT2D eigenvalue weighted by Gasteiger charge is 2.39. The van der Waals surface area contributed by atoms with Crippen LogP contribution in [0.1, 0.15) is 31.2 Å². The zero-order valence-electron chi connectivity index (χ0n) is 20.0. The van der Waals surface area contributed by atoms with Crippen molar-refractivity contribution in [2.24, 2.45) is 0 Å². The van der Waals surface area contributed by atoms with E-state index in [0.29, 0.717) is 10.4 Å². The Bertz CT molecular complexity index is 1340. The third-order valence-electron chi connectivity index (χ3n) is 6.07. The minimum Gasteiger partial charge on any atom is -0.336 e. The van der Waals surface area contributed by atoms with Crippen LogP contribution < -0.4 is 5.32 Å². The molecule has 0 unspecified atom stereocenters. The van der Waals surface area contributed by atoms with Crippen molar-refractivity contribution in [2.45, 2.75) is 24.1 Å². The summed E-state index contributed by atoms with van der Waals surface area (Å²) in [5.74, 6) is -1.49. The lowest BCUT2D eigenvalue weighted by Gasteiger charge is -2.36. The molecule has 2 heterocycles. The van der Waals surface area contributed by atoms with Gasteiger partial charge in [0.25, 0.3) is 17.7 Å². The molecule has 0 spiro atoms. The summed E-state index contributed by atoms with van der Waals surface area (Å²) >= 11 is 1.16. The predicted octanol–water partition coefficient (Wildman–Crippen LogP) is 2.88. The van der Waals surface area contributed by atoms with E-state index in [0.717, 1.165) is 22.5 Å². The third kappa shape index (κ3) is 5.50. The minimum absolute atomic E-state index is 0.0499. The van der Waals surface area contributed by atoms with E-state index in [4.69, 9.17) is 0 Å². The van der Waals surface area contributed by atoms with Gasteiger partial charge in [0.1, 0.15) is 0 Å². The molecular weight excluding hydrogens is 498 g/mol. The standard InChI is InChI=1S/C26H27N3O5S2/c1-18-5-9-20(10-6-18)25(31)28-13-15-29(16-14-28)26(32)24(27-23(30)22-4-3-17-35-22)36(33,34)21-11-7-19(2)8-12-21/h3-12,17,24H,13-16H2,1-2H3,(H,27,30)/t24-/m0/s1. The van der Waals surface area contributed by atoms with Gasteiger partial charge in [0.15, 0.2) is 0 Å². The molecule has 10 heteroatoms. The van der Waals surface area contributed by atoms with Crippen molar-refractivity contribution in [1.29, 1.82) is 0 Å². The van der Waals surface area contributed by atoms with Gasteiger partial charge in [-0.25, -0.2) is 8.42 Å². The fourth-order valence-electron chi connectivity index (χ4n) is 3.91. The fraction of sp³-hybridized carbons (Fsp3) is 0.269. The second-order valence-electron chi connectivity index (χ2n) is 8.67. The molecule has 8 nitrogen and oxygen atoms in total. The van der Waals surface area contributed by atoms with Gasteiger partial charge in [-0.3, -0.25) is 14.4 Å². The molecule has 1 atom stereocenters. The van der Waals surface area contributed by atoms with E-state index in [-0.39, 0.29) is 37.0 Å². The number of thiophene rings is 1. The summed E-state index contributed by atoms with van der Waals surface area (Å²) in [6, 6.07) is 16.6. The Morgan fingerprint density at radius 2 is 1.39 bits per heavy atom. The topological polar surface area (TPSA) is 104 Å². The maximum atomic E-state index is 13.5. The van der Waals surface area contributed by atoms with Crippen LogP contribution in [0.15, 0.2) is 70.9 Å². The maximum absolute atomic E-state index is 13.5.